The second kappa shape index (κ2) is 4.77. The molecule has 2 heteroatoms. The summed E-state index contributed by atoms with van der Waals surface area (Å²) < 4.78 is 1.40. The van der Waals surface area contributed by atoms with Gasteiger partial charge in [-0.25, -0.2) is 0 Å². The fourth-order valence-corrected chi connectivity index (χ4v) is 2.51. The van der Waals surface area contributed by atoms with E-state index >= 15 is 0 Å². The Morgan fingerprint density at radius 3 is 2.93 bits per heavy atom. The standard InChI is InChI=1S/C13H17NS/c1-10(2)14-7-5-11-3-4-12-6-8-15-13(12)9-11/h3-4,6,8-10,14H,5,7H2,1-2H3. The van der Waals surface area contributed by atoms with Gasteiger partial charge in [-0.15, -0.1) is 11.3 Å². The molecule has 2 aromatic rings. The van der Waals surface area contributed by atoms with Crippen molar-refractivity contribution >= 4 is 21.4 Å². The van der Waals surface area contributed by atoms with Crippen molar-refractivity contribution < 1.29 is 0 Å². The number of rotatable bonds is 4. The van der Waals surface area contributed by atoms with Crippen LogP contribution in [0.25, 0.3) is 10.1 Å². The van der Waals surface area contributed by atoms with Crippen molar-refractivity contribution in [3.8, 4) is 0 Å². The highest BCUT2D eigenvalue weighted by Gasteiger charge is 1.98. The first-order valence-electron chi connectivity index (χ1n) is 5.45. The number of nitrogens with one attached hydrogen (secondary N) is 1. The summed E-state index contributed by atoms with van der Waals surface area (Å²) in [6, 6.07) is 9.52. The van der Waals surface area contributed by atoms with Gasteiger partial charge in [0, 0.05) is 10.7 Å². The molecule has 0 aliphatic heterocycles. The molecule has 1 aromatic heterocycles. The molecule has 1 aromatic carbocycles. The first-order valence-corrected chi connectivity index (χ1v) is 6.33. The van der Waals surface area contributed by atoms with Crippen LogP contribution in [0.3, 0.4) is 0 Å². The van der Waals surface area contributed by atoms with E-state index in [0.717, 1.165) is 13.0 Å². The lowest BCUT2D eigenvalue weighted by molar-refractivity contribution is 0.590. The van der Waals surface area contributed by atoms with Crippen LogP contribution >= 0.6 is 11.3 Å². The number of hydrogen-bond donors (Lipinski definition) is 1. The molecule has 0 radical (unpaired) electrons. The third-order valence-electron chi connectivity index (χ3n) is 2.49. The van der Waals surface area contributed by atoms with Gasteiger partial charge in [0.2, 0.25) is 0 Å². The van der Waals surface area contributed by atoms with Crippen LogP contribution in [0.1, 0.15) is 19.4 Å². The summed E-state index contributed by atoms with van der Waals surface area (Å²) in [6.45, 7) is 5.43. The SMILES string of the molecule is CC(C)NCCc1ccc2ccsc2c1. The van der Waals surface area contributed by atoms with Crippen LogP contribution in [0.2, 0.25) is 0 Å². The Balaban J connectivity index is 2.02. The van der Waals surface area contributed by atoms with Crippen molar-refractivity contribution in [2.45, 2.75) is 26.3 Å². The molecule has 1 nitrogen and oxygen atoms in total. The lowest BCUT2D eigenvalue weighted by Gasteiger charge is -2.07. The van der Waals surface area contributed by atoms with Crippen LogP contribution in [-0.2, 0) is 6.42 Å². The van der Waals surface area contributed by atoms with Crippen molar-refractivity contribution in [1.82, 2.24) is 5.32 Å². The van der Waals surface area contributed by atoms with Crippen LogP contribution < -0.4 is 5.32 Å². The molecule has 2 rings (SSSR count). The molecule has 80 valence electrons. The lowest BCUT2D eigenvalue weighted by atomic mass is 10.1. The Kier molecular flexibility index (Phi) is 3.39. The molecule has 0 unspecified atom stereocenters. The van der Waals surface area contributed by atoms with Gasteiger partial charge in [0.05, 0.1) is 0 Å². The Morgan fingerprint density at radius 2 is 2.13 bits per heavy atom. The molecule has 0 atom stereocenters. The van der Waals surface area contributed by atoms with E-state index in [4.69, 9.17) is 0 Å². The molecule has 0 amide bonds. The second-order valence-corrected chi connectivity index (χ2v) is 5.10. The second-order valence-electron chi connectivity index (χ2n) is 4.15. The number of hydrogen-bond acceptors (Lipinski definition) is 2. The minimum Gasteiger partial charge on any atom is -0.314 e. The van der Waals surface area contributed by atoms with Crippen molar-refractivity contribution in [2.24, 2.45) is 0 Å². The molecule has 0 spiro atoms. The van der Waals surface area contributed by atoms with E-state index in [1.54, 1.807) is 0 Å². The highest BCUT2D eigenvalue weighted by molar-refractivity contribution is 7.17. The normalized spacial score (nSPS) is 11.4. The predicted molar refractivity (Wildman–Crippen MR) is 68.7 cm³/mol. The minimum absolute atomic E-state index is 0.579. The summed E-state index contributed by atoms with van der Waals surface area (Å²) in [5.41, 5.74) is 1.43. The van der Waals surface area contributed by atoms with Crippen molar-refractivity contribution in [3.63, 3.8) is 0 Å². The molecule has 1 N–H and O–H groups in total. The van der Waals surface area contributed by atoms with E-state index in [0.29, 0.717) is 6.04 Å². The molecule has 15 heavy (non-hydrogen) atoms. The van der Waals surface area contributed by atoms with Gasteiger partial charge < -0.3 is 5.32 Å². The van der Waals surface area contributed by atoms with Gasteiger partial charge in [0.1, 0.15) is 0 Å². The van der Waals surface area contributed by atoms with E-state index in [1.165, 1.54) is 15.6 Å². The van der Waals surface area contributed by atoms with Gasteiger partial charge in [0.15, 0.2) is 0 Å². The summed E-state index contributed by atoms with van der Waals surface area (Å²) in [6.07, 6.45) is 1.12. The monoisotopic (exact) mass is 219 g/mol. The fourth-order valence-electron chi connectivity index (χ4n) is 1.66. The van der Waals surface area contributed by atoms with Crippen LogP contribution in [0.5, 0.6) is 0 Å². The van der Waals surface area contributed by atoms with Crippen molar-refractivity contribution in [1.29, 1.82) is 0 Å². The fraction of sp³-hybridized carbons (Fsp3) is 0.385. The van der Waals surface area contributed by atoms with Gasteiger partial charge in [-0.3, -0.25) is 0 Å². The molecule has 0 fully saturated rings. The van der Waals surface area contributed by atoms with Gasteiger partial charge in [-0.2, -0.15) is 0 Å². The van der Waals surface area contributed by atoms with E-state index in [2.05, 4.69) is 48.8 Å². The van der Waals surface area contributed by atoms with Gasteiger partial charge in [0.25, 0.3) is 0 Å². The molecule has 0 saturated heterocycles. The Bertz CT molecular complexity index is 431. The molecule has 0 bridgehead atoms. The van der Waals surface area contributed by atoms with Crippen LogP contribution in [0.4, 0.5) is 0 Å². The van der Waals surface area contributed by atoms with Crippen molar-refractivity contribution in [3.05, 3.63) is 35.2 Å². The first-order chi connectivity index (χ1) is 7.25. The summed E-state index contributed by atoms with van der Waals surface area (Å²) in [7, 11) is 0. The van der Waals surface area contributed by atoms with Crippen LogP contribution in [-0.4, -0.2) is 12.6 Å². The largest absolute Gasteiger partial charge is 0.314 e. The quantitative estimate of drug-likeness (QED) is 0.830. The Labute approximate surface area is 95.1 Å². The van der Waals surface area contributed by atoms with Crippen molar-refractivity contribution in [2.75, 3.05) is 6.54 Å². The van der Waals surface area contributed by atoms with Crippen LogP contribution in [0, 0.1) is 0 Å². The maximum atomic E-state index is 3.44. The van der Waals surface area contributed by atoms with Crippen LogP contribution in [0.15, 0.2) is 29.6 Å². The molecule has 0 aliphatic carbocycles. The Hall–Kier alpha value is -0.860. The zero-order chi connectivity index (χ0) is 10.7. The maximum Gasteiger partial charge on any atom is 0.0345 e. The highest BCUT2D eigenvalue weighted by Crippen LogP contribution is 2.21. The van der Waals surface area contributed by atoms with E-state index in [9.17, 15) is 0 Å². The zero-order valence-corrected chi connectivity index (χ0v) is 10.1. The van der Waals surface area contributed by atoms with E-state index in [-0.39, 0.29) is 0 Å². The number of benzene rings is 1. The predicted octanol–water partition coefficient (Wildman–Crippen LogP) is 3.44. The van der Waals surface area contributed by atoms with Gasteiger partial charge in [-0.1, -0.05) is 26.0 Å². The Morgan fingerprint density at radius 1 is 1.27 bits per heavy atom. The average Bonchev–Trinajstić information content (AvgIpc) is 2.64. The maximum absolute atomic E-state index is 3.44. The summed E-state index contributed by atoms with van der Waals surface area (Å²) in [5.74, 6) is 0. The highest BCUT2D eigenvalue weighted by atomic mass is 32.1. The zero-order valence-electron chi connectivity index (χ0n) is 9.29. The molecule has 1 heterocycles. The summed E-state index contributed by atoms with van der Waals surface area (Å²) in [4.78, 5) is 0. The van der Waals surface area contributed by atoms with Gasteiger partial charge >= 0.3 is 0 Å². The molecule has 0 saturated carbocycles. The number of fused-ring (bicyclic) bond motifs is 1. The molecular weight excluding hydrogens is 202 g/mol. The smallest absolute Gasteiger partial charge is 0.0345 e. The average molecular weight is 219 g/mol. The third-order valence-corrected chi connectivity index (χ3v) is 3.37. The van der Waals surface area contributed by atoms with Gasteiger partial charge in [-0.05, 0) is 41.4 Å². The van der Waals surface area contributed by atoms with E-state index in [1.807, 2.05) is 11.3 Å². The minimum atomic E-state index is 0.579. The molecule has 0 aliphatic rings. The topological polar surface area (TPSA) is 12.0 Å². The number of thiophene rings is 1. The lowest BCUT2D eigenvalue weighted by Crippen LogP contribution is -2.24. The first kappa shape index (κ1) is 10.7. The third kappa shape index (κ3) is 2.80. The van der Waals surface area contributed by atoms with E-state index < -0.39 is 0 Å². The summed E-state index contributed by atoms with van der Waals surface area (Å²) >= 11 is 1.82. The molecular formula is C13H17NS. The summed E-state index contributed by atoms with van der Waals surface area (Å²) in [5, 5.41) is 6.95.